The van der Waals surface area contributed by atoms with Gasteiger partial charge in [0.1, 0.15) is 22.3 Å². The molecule has 0 spiro atoms. The number of Topliss-reactive ketones (excluding diaryl/α,β-unsaturated/α-hetero) is 1. The standard InChI is InChI=1S/C22H14Cl2F3NO3S/c1-12(21(29)17(11-28)16-7-2-13(23)10-18(16)24)30-14-3-5-15(6-4-14)31-20-9-8-19(32-20)22(25,26)27/h2-10,12,17H,1H3. The van der Waals surface area contributed by atoms with Crippen molar-refractivity contribution in [2.45, 2.75) is 25.1 Å². The molecule has 4 nitrogen and oxygen atoms in total. The third kappa shape index (κ3) is 5.74. The molecule has 166 valence electrons. The zero-order valence-corrected chi connectivity index (χ0v) is 18.6. The minimum atomic E-state index is -4.43. The van der Waals surface area contributed by atoms with Crippen LogP contribution >= 0.6 is 34.5 Å². The molecule has 3 rings (SSSR count). The fraction of sp³-hybridized carbons (Fsp3) is 0.182. The molecule has 32 heavy (non-hydrogen) atoms. The molecule has 0 N–H and O–H groups in total. The van der Waals surface area contributed by atoms with Gasteiger partial charge >= 0.3 is 6.18 Å². The Balaban J connectivity index is 1.66. The highest BCUT2D eigenvalue weighted by molar-refractivity contribution is 7.13. The van der Waals surface area contributed by atoms with Crippen LogP contribution in [0.1, 0.15) is 23.3 Å². The van der Waals surface area contributed by atoms with E-state index >= 15 is 0 Å². The predicted octanol–water partition coefficient (Wildman–Crippen LogP) is 7.51. The first-order chi connectivity index (χ1) is 15.1. The molecule has 0 aliphatic carbocycles. The first kappa shape index (κ1) is 23.9. The molecule has 2 aromatic carbocycles. The van der Waals surface area contributed by atoms with Crippen LogP contribution in [0.2, 0.25) is 10.0 Å². The summed E-state index contributed by atoms with van der Waals surface area (Å²) in [5.41, 5.74) is 0.330. The minimum Gasteiger partial charge on any atom is -0.483 e. The summed E-state index contributed by atoms with van der Waals surface area (Å²) in [4.78, 5) is 12.0. The maximum absolute atomic E-state index is 12.8. The fourth-order valence-electron chi connectivity index (χ4n) is 2.75. The highest BCUT2D eigenvalue weighted by Crippen LogP contribution is 2.39. The van der Waals surface area contributed by atoms with E-state index < -0.39 is 28.9 Å². The van der Waals surface area contributed by atoms with Gasteiger partial charge in [0.05, 0.1) is 6.07 Å². The summed E-state index contributed by atoms with van der Waals surface area (Å²) in [7, 11) is 0. The van der Waals surface area contributed by atoms with E-state index in [4.69, 9.17) is 32.7 Å². The molecule has 10 heteroatoms. The largest absolute Gasteiger partial charge is 0.483 e. The second-order valence-corrected chi connectivity index (χ2v) is 8.47. The number of rotatable bonds is 7. The summed E-state index contributed by atoms with van der Waals surface area (Å²) in [6, 6.07) is 14.6. The molecule has 0 aliphatic rings. The van der Waals surface area contributed by atoms with Crippen molar-refractivity contribution < 1.29 is 27.4 Å². The van der Waals surface area contributed by atoms with E-state index in [1.54, 1.807) is 0 Å². The monoisotopic (exact) mass is 499 g/mol. The molecule has 1 heterocycles. The van der Waals surface area contributed by atoms with Crippen molar-refractivity contribution in [1.29, 1.82) is 5.26 Å². The van der Waals surface area contributed by atoms with E-state index in [1.807, 2.05) is 6.07 Å². The number of hydrogen-bond donors (Lipinski definition) is 0. The van der Waals surface area contributed by atoms with Crippen LogP contribution in [0.25, 0.3) is 0 Å². The van der Waals surface area contributed by atoms with Crippen LogP contribution in [-0.2, 0) is 11.0 Å². The Morgan fingerprint density at radius 1 is 1.06 bits per heavy atom. The van der Waals surface area contributed by atoms with Crippen LogP contribution in [0.3, 0.4) is 0 Å². The Morgan fingerprint density at radius 3 is 2.28 bits per heavy atom. The Bertz CT molecular complexity index is 1160. The van der Waals surface area contributed by atoms with Gasteiger partial charge in [-0.1, -0.05) is 40.6 Å². The number of carbonyl (C=O) groups is 1. The smallest absolute Gasteiger partial charge is 0.425 e. The molecule has 0 bridgehead atoms. The van der Waals surface area contributed by atoms with Crippen molar-refractivity contribution in [1.82, 2.24) is 0 Å². The maximum atomic E-state index is 12.8. The molecule has 2 unspecified atom stereocenters. The van der Waals surface area contributed by atoms with Gasteiger partial charge in [-0.15, -0.1) is 0 Å². The Labute approximate surface area is 195 Å². The fourth-order valence-corrected chi connectivity index (χ4v) is 4.01. The van der Waals surface area contributed by atoms with Crippen LogP contribution in [0.5, 0.6) is 16.6 Å². The Kier molecular flexibility index (Phi) is 7.34. The van der Waals surface area contributed by atoms with Crippen molar-refractivity contribution in [2.24, 2.45) is 0 Å². The molecule has 2 atom stereocenters. The average Bonchev–Trinajstić information content (AvgIpc) is 3.20. The van der Waals surface area contributed by atoms with Gasteiger partial charge in [-0.2, -0.15) is 18.4 Å². The normalized spacial score (nSPS) is 13.2. The van der Waals surface area contributed by atoms with E-state index in [0.29, 0.717) is 33.4 Å². The molecule has 0 radical (unpaired) electrons. The van der Waals surface area contributed by atoms with Crippen molar-refractivity contribution in [3.05, 3.63) is 75.1 Å². The number of ether oxygens (including phenoxy) is 2. The quantitative estimate of drug-likeness (QED) is 0.337. The molecule has 0 fully saturated rings. The highest BCUT2D eigenvalue weighted by Gasteiger charge is 2.33. The number of ketones is 1. The lowest BCUT2D eigenvalue weighted by Gasteiger charge is -2.18. The third-order valence-corrected chi connectivity index (χ3v) is 5.87. The summed E-state index contributed by atoms with van der Waals surface area (Å²) in [5, 5.41) is 10.2. The number of hydrogen-bond acceptors (Lipinski definition) is 5. The number of alkyl halides is 3. The number of nitrogens with zero attached hydrogens (tertiary/aromatic N) is 1. The van der Waals surface area contributed by atoms with Gasteiger partial charge < -0.3 is 9.47 Å². The first-order valence-corrected chi connectivity index (χ1v) is 10.7. The van der Waals surface area contributed by atoms with E-state index in [0.717, 1.165) is 6.07 Å². The summed E-state index contributed by atoms with van der Waals surface area (Å²) in [6.45, 7) is 1.51. The van der Waals surface area contributed by atoms with Gasteiger partial charge in [0.25, 0.3) is 0 Å². The number of benzene rings is 2. The van der Waals surface area contributed by atoms with Crippen molar-refractivity contribution in [2.75, 3.05) is 0 Å². The highest BCUT2D eigenvalue weighted by atomic mass is 35.5. The van der Waals surface area contributed by atoms with Gasteiger partial charge in [-0.05, 0) is 61.0 Å². The predicted molar refractivity (Wildman–Crippen MR) is 116 cm³/mol. The summed E-state index contributed by atoms with van der Waals surface area (Å²) in [5.74, 6) is -1.01. The van der Waals surface area contributed by atoms with E-state index in [2.05, 4.69) is 0 Å². The first-order valence-electron chi connectivity index (χ1n) is 9.08. The number of carbonyl (C=O) groups excluding carboxylic acids is 1. The molecule has 0 saturated heterocycles. The SMILES string of the molecule is CC(Oc1ccc(Oc2ccc(C(F)(F)F)s2)cc1)C(=O)C(C#N)c1ccc(Cl)cc1Cl. The average molecular weight is 500 g/mol. The number of thiophene rings is 1. The lowest BCUT2D eigenvalue weighted by atomic mass is 9.93. The Morgan fingerprint density at radius 2 is 1.72 bits per heavy atom. The third-order valence-electron chi connectivity index (χ3n) is 4.30. The van der Waals surface area contributed by atoms with Crippen LogP contribution < -0.4 is 9.47 Å². The van der Waals surface area contributed by atoms with Gasteiger partial charge in [-0.25, -0.2) is 0 Å². The lowest BCUT2D eigenvalue weighted by Crippen LogP contribution is -2.29. The van der Waals surface area contributed by atoms with Crippen molar-refractivity contribution >= 4 is 40.3 Å². The van der Waals surface area contributed by atoms with Crippen LogP contribution in [-0.4, -0.2) is 11.9 Å². The molecule has 1 aromatic heterocycles. The second-order valence-electron chi connectivity index (χ2n) is 6.58. The van der Waals surface area contributed by atoms with E-state index in [-0.39, 0.29) is 10.1 Å². The summed E-state index contributed by atoms with van der Waals surface area (Å²) >= 11 is 12.5. The molecule has 0 amide bonds. The molecule has 3 aromatic rings. The van der Waals surface area contributed by atoms with Crippen LogP contribution in [0.4, 0.5) is 13.2 Å². The lowest BCUT2D eigenvalue weighted by molar-refractivity contribution is -0.134. The van der Waals surface area contributed by atoms with Crippen molar-refractivity contribution in [3.8, 4) is 22.6 Å². The van der Waals surface area contributed by atoms with E-state index in [1.165, 1.54) is 55.5 Å². The van der Waals surface area contributed by atoms with Crippen LogP contribution in [0, 0.1) is 11.3 Å². The van der Waals surface area contributed by atoms with Gasteiger partial charge in [0.15, 0.2) is 17.0 Å². The maximum Gasteiger partial charge on any atom is 0.425 e. The Hall–Kier alpha value is -2.73. The van der Waals surface area contributed by atoms with Gasteiger partial charge in [-0.3, -0.25) is 4.79 Å². The summed E-state index contributed by atoms with van der Waals surface area (Å²) in [6.07, 6.45) is -5.39. The molecule has 0 aliphatic heterocycles. The molecular formula is C22H14Cl2F3NO3S. The van der Waals surface area contributed by atoms with Gasteiger partial charge in [0.2, 0.25) is 0 Å². The number of halogens is 5. The van der Waals surface area contributed by atoms with Gasteiger partial charge in [0, 0.05) is 10.0 Å². The topological polar surface area (TPSA) is 59.3 Å². The number of nitriles is 1. The van der Waals surface area contributed by atoms with Crippen molar-refractivity contribution in [3.63, 3.8) is 0 Å². The molecular weight excluding hydrogens is 486 g/mol. The zero-order valence-electron chi connectivity index (χ0n) is 16.3. The van der Waals surface area contributed by atoms with Crippen LogP contribution in [0.15, 0.2) is 54.6 Å². The second kappa shape index (κ2) is 9.82. The minimum absolute atomic E-state index is 0.0891. The zero-order chi connectivity index (χ0) is 23.5. The van der Waals surface area contributed by atoms with E-state index in [9.17, 15) is 23.2 Å². The summed E-state index contributed by atoms with van der Waals surface area (Å²) < 4.78 is 49.1. The molecule has 0 saturated carbocycles.